The first-order valence-electron chi connectivity index (χ1n) is 9.21. The number of nitrogens with one attached hydrogen (secondary N) is 1. The SMILES string of the molecule is CC(C)C[C@]1(C(=O)O)C[C@H](S(=O)(=O)c2ccccc2)[C@@H](c2ccc(F)cc2)N1. The van der Waals surface area contributed by atoms with E-state index in [1.165, 1.54) is 36.4 Å². The van der Waals surface area contributed by atoms with Gasteiger partial charge in [-0.25, -0.2) is 12.8 Å². The Labute approximate surface area is 164 Å². The number of hydrogen-bond donors (Lipinski definition) is 2. The standard InChI is InChI=1S/C21H24FNO4S/c1-14(2)12-21(20(24)25)13-18(28(26,27)17-6-4-3-5-7-17)19(23-21)15-8-10-16(22)11-9-15/h3-11,14,18-19,23H,12-13H2,1-2H3,(H,24,25)/t18-,19+,21+/m0/s1. The normalized spacial score (nSPS) is 25.1. The maximum Gasteiger partial charge on any atom is 0.323 e. The molecule has 1 heterocycles. The summed E-state index contributed by atoms with van der Waals surface area (Å²) in [6.07, 6.45) is 0.237. The molecule has 3 atom stereocenters. The molecule has 2 aromatic rings. The Morgan fingerprint density at radius 3 is 2.32 bits per heavy atom. The van der Waals surface area contributed by atoms with Crippen molar-refractivity contribution in [2.24, 2.45) is 5.92 Å². The maximum absolute atomic E-state index is 13.4. The Morgan fingerprint density at radius 1 is 1.18 bits per heavy atom. The first kappa shape index (κ1) is 20.5. The summed E-state index contributed by atoms with van der Waals surface area (Å²) < 4.78 is 40.1. The minimum atomic E-state index is -3.81. The molecule has 2 aromatic carbocycles. The van der Waals surface area contributed by atoms with Gasteiger partial charge in [-0.1, -0.05) is 44.2 Å². The van der Waals surface area contributed by atoms with Crippen molar-refractivity contribution in [1.82, 2.24) is 5.32 Å². The van der Waals surface area contributed by atoms with E-state index in [0.717, 1.165) is 0 Å². The third kappa shape index (κ3) is 3.82. The van der Waals surface area contributed by atoms with Gasteiger partial charge >= 0.3 is 5.97 Å². The van der Waals surface area contributed by atoms with Gasteiger partial charge in [0, 0.05) is 0 Å². The highest BCUT2D eigenvalue weighted by Crippen LogP contribution is 2.42. The number of aliphatic carboxylic acids is 1. The summed E-state index contributed by atoms with van der Waals surface area (Å²) in [5.41, 5.74) is -0.808. The second-order valence-electron chi connectivity index (χ2n) is 7.76. The average Bonchev–Trinajstić information content (AvgIpc) is 3.04. The van der Waals surface area contributed by atoms with Crippen LogP contribution in [0.15, 0.2) is 59.5 Å². The van der Waals surface area contributed by atoms with Crippen LogP contribution in [-0.4, -0.2) is 30.3 Å². The highest BCUT2D eigenvalue weighted by atomic mass is 32.2. The van der Waals surface area contributed by atoms with Gasteiger partial charge in [0.15, 0.2) is 9.84 Å². The van der Waals surface area contributed by atoms with Crippen molar-refractivity contribution in [2.45, 2.75) is 48.4 Å². The number of benzene rings is 2. The minimum absolute atomic E-state index is 0.0515. The van der Waals surface area contributed by atoms with Crippen molar-refractivity contribution in [3.05, 3.63) is 66.0 Å². The zero-order valence-corrected chi connectivity index (χ0v) is 16.6. The smallest absolute Gasteiger partial charge is 0.323 e. The van der Waals surface area contributed by atoms with E-state index in [-0.39, 0.29) is 17.2 Å². The zero-order valence-electron chi connectivity index (χ0n) is 15.8. The van der Waals surface area contributed by atoms with Crippen molar-refractivity contribution in [3.63, 3.8) is 0 Å². The van der Waals surface area contributed by atoms with Gasteiger partial charge in [-0.15, -0.1) is 0 Å². The third-order valence-corrected chi connectivity index (χ3v) is 7.38. The lowest BCUT2D eigenvalue weighted by atomic mass is 9.87. The van der Waals surface area contributed by atoms with Gasteiger partial charge < -0.3 is 5.11 Å². The van der Waals surface area contributed by atoms with Crippen LogP contribution in [0.1, 0.15) is 38.3 Å². The topological polar surface area (TPSA) is 83.5 Å². The summed E-state index contributed by atoms with van der Waals surface area (Å²) in [7, 11) is -3.81. The molecular formula is C21H24FNO4S. The summed E-state index contributed by atoms with van der Waals surface area (Å²) >= 11 is 0. The van der Waals surface area contributed by atoms with Crippen LogP contribution >= 0.6 is 0 Å². The predicted molar refractivity (Wildman–Crippen MR) is 104 cm³/mol. The number of carboxylic acids is 1. The van der Waals surface area contributed by atoms with Crippen molar-refractivity contribution < 1.29 is 22.7 Å². The van der Waals surface area contributed by atoms with Gasteiger partial charge in [0.2, 0.25) is 0 Å². The van der Waals surface area contributed by atoms with Gasteiger partial charge in [0.25, 0.3) is 0 Å². The number of sulfone groups is 1. The predicted octanol–water partition coefficient (Wildman–Crippen LogP) is 3.57. The molecule has 1 aliphatic heterocycles. The van der Waals surface area contributed by atoms with Crippen LogP contribution in [-0.2, 0) is 14.6 Å². The van der Waals surface area contributed by atoms with E-state index in [1.807, 2.05) is 13.8 Å². The van der Waals surface area contributed by atoms with E-state index in [0.29, 0.717) is 12.0 Å². The molecule has 1 fully saturated rings. The molecule has 5 nitrogen and oxygen atoms in total. The lowest BCUT2D eigenvalue weighted by Gasteiger charge is -2.27. The van der Waals surface area contributed by atoms with E-state index < -0.39 is 38.5 Å². The fraction of sp³-hybridized carbons (Fsp3) is 0.381. The highest BCUT2D eigenvalue weighted by Gasteiger charge is 2.54. The van der Waals surface area contributed by atoms with E-state index in [1.54, 1.807) is 18.2 Å². The molecular weight excluding hydrogens is 381 g/mol. The minimum Gasteiger partial charge on any atom is -0.480 e. The van der Waals surface area contributed by atoms with Crippen molar-refractivity contribution in [1.29, 1.82) is 0 Å². The van der Waals surface area contributed by atoms with E-state index in [9.17, 15) is 22.7 Å². The molecule has 0 aliphatic carbocycles. The summed E-state index contributed by atoms with van der Waals surface area (Å²) in [6.45, 7) is 3.80. The second kappa shape index (κ2) is 7.64. The second-order valence-corrected chi connectivity index (χ2v) is 9.93. The third-order valence-electron chi connectivity index (χ3n) is 5.22. The molecule has 0 spiro atoms. The fourth-order valence-electron chi connectivity index (χ4n) is 4.03. The van der Waals surface area contributed by atoms with Crippen LogP contribution in [0.5, 0.6) is 0 Å². The van der Waals surface area contributed by atoms with Crippen LogP contribution in [0.25, 0.3) is 0 Å². The van der Waals surface area contributed by atoms with Crippen LogP contribution in [0.2, 0.25) is 0 Å². The molecule has 0 radical (unpaired) electrons. The van der Waals surface area contributed by atoms with E-state index >= 15 is 0 Å². The Hall–Kier alpha value is -2.25. The molecule has 1 saturated heterocycles. The summed E-state index contributed by atoms with van der Waals surface area (Å²) in [5, 5.41) is 12.1. The molecule has 0 unspecified atom stereocenters. The molecule has 150 valence electrons. The number of rotatable bonds is 6. The fourth-order valence-corrected chi connectivity index (χ4v) is 6.00. The molecule has 7 heteroatoms. The lowest BCUT2D eigenvalue weighted by molar-refractivity contribution is -0.145. The first-order valence-corrected chi connectivity index (χ1v) is 10.8. The Bertz CT molecular complexity index is 944. The zero-order chi connectivity index (χ0) is 20.5. The van der Waals surface area contributed by atoms with Gasteiger partial charge in [0.05, 0.1) is 16.2 Å². The summed E-state index contributed by atoms with van der Waals surface area (Å²) in [5.74, 6) is -1.45. The number of carboxylic acid groups (broad SMARTS) is 1. The Kier molecular flexibility index (Phi) is 5.59. The maximum atomic E-state index is 13.4. The Morgan fingerprint density at radius 2 is 1.79 bits per heavy atom. The van der Waals surface area contributed by atoms with Crippen molar-refractivity contribution in [3.8, 4) is 0 Å². The first-order chi connectivity index (χ1) is 13.2. The van der Waals surface area contributed by atoms with E-state index in [2.05, 4.69) is 5.32 Å². The molecule has 2 N–H and O–H groups in total. The number of carbonyl (C=O) groups is 1. The molecule has 0 amide bonds. The molecule has 28 heavy (non-hydrogen) atoms. The summed E-state index contributed by atoms with van der Waals surface area (Å²) in [6, 6.07) is 12.8. The molecule has 1 aliphatic rings. The molecule has 0 bridgehead atoms. The van der Waals surface area contributed by atoms with E-state index in [4.69, 9.17) is 0 Å². The molecule has 3 rings (SSSR count). The number of hydrogen-bond acceptors (Lipinski definition) is 4. The highest BCUT2D eigenvalue weighted by molar-refractivity contribution is 7.92. The Balaban J connectivity index is 2.10. The monoisotopic (exact) mass is 405 g/mol. The van der Waals surface area contributed by atoms with Gasteiger partial charge in [-0.05, 0) is 48.6 Å². The molecule has 0 aromatic heterocycles. The van der Waals surface area contributed by atoms with Crippen molar-refractivity contribution in [2.75, 3.05) is 0 Å². The number of halogens is 1. The van der Waals surface area contributed by atoms with Crippen molar-refractivity contribution >= 4 is 15.8 Å². The van der Waals surface area contributed by atoms with Crippen LogP contribution in [0.4, 0.5) is 4.39 Å². The quantitative estimate of drug-likeness (QED) is 0.768. The van der Waals surface area contributed by atoms with Crippen LogP contribution in [0.3, 0.4) is 0 Å². The van der Waals surface area contributed by atoms with Crippen LogP contribution < -0.4 is 5.32 Å². The summed E-state index contributed by atoms with van der Waals surface area (Å²) in [4.78, 5) is 12.3. The van der Waals surface area contributed by atoms with Gasteiger partial charge in [-0.3, -0.25) is 10.1 Å². The molecule has 0 saturated carbocycles. The average molecular weight is 405 g/mol. The van der Waals surface area contributed by atoms with Gasteiger partial charge in [-0.2, -0.15) is 0 Å². The van der Waals surface area contributed by atoms with Crippen LogP contribution in [0, 0.1) is 11.7 Å². The van der Waals surface area contributed by atoms with Gasteiger partial charge in [0.1, 0.15) is 11.4 Å². The largest absolute Gasteiger partial charge is 0.480 e. The lowest BCUT2D eigenvalue weighted by Crippen LogP contribution is -2.49.